The van der Waals surface area contributed by atoms with Gasteiger partial charge in [-0.1, -0.05) is 67.6 Å². The van der Waals surface area contributed by atoms with Crippen LogP contribution >= 0.6 is 0 Å². The molecule has 5 nitrogen and oxygen atoms in total. The molecule has 2 unspecified atom stereocenters. The zero-order valence-corrected chi connectivity index (χ0v) is 19.5. The minimum atomic E-state index is -0.410. The lowest BCUT2D eigenvalue weighted by molar-refractivity contribution is -0.133. The number of aryl methyl sites for hydroxylation is 1. The average Bonchev–Trinajstić information content (AvgIpc) is 2.85. The van der Waals surface area contributed by atoms with Crippen LogP contribution < -0.4 is 5.56 Å². The third-order valence-electron chi connectivity index (χ3n) is 6.37. The van der Waals surface area contributed by atoms with Crippen LogP contribution in [-0.4, -0.2) is 27.4 Å². The highest BCUT2D eigenvalue weighted by molar-refractivity contribution is 5.84. The highest BCUT2D eigenvalue weighted by Crippen LogP contribution is 2.28. The predicted molar refractivity (Wildman–Crippen MR) is 133 cm³/mol. The molecule has 0 fully saturated rings. The van der Waals surface area contributed by atoms with Gasteiger partial charge in [0.1, 0.15) is 5.82 Å². The maximum atomic E-state index is 13.6. The Labute approximate surface area is 194 Å². The van der Waals surface area contributed by atoms with E-state index in [0.717, 1.165) is 16.8 Å². The molecule has 3 aromatic carbocycles. The lowest BCUT2D eigenvalue weighted by Crippen LogP contribution is -2.37. The monoisotopic (exact) mass is 439 g/mol. The van der Waals surface area contributed by atoms with Gasteiger partial charge in [0.25, 0.3) is 5.56 Å². The van der Waals surface area contributed by atoms with Crippen LogP contribution in [0.1, 0.15) is 49.2 Å². The van der Waals surface area contributed by atoms with E-state index < -0.39 is 6.04 Å². The number of carbonyl (C=O) groups is 1. The Balaban J connectivity index is 1.84. The Kier molecular flexibility index (Phi) is 6.40. The average molecular weight is 440 g/mol. The SMILES string of the molecule is CCC(C(=O)N(C)C(C)c1nc2ccccc2c(=O)n1-c1ccccc1C)c1ccccc1. The van der Waals surface area contributed by atoms with Crippen LogP contribution in [0.25, 0.3) is 16.6 Å². The Morgan fingerprint density at radius 3 is 2.30 bits per heavy atom. The van der Waals surface area contributed by atoms with E-state index in [9.17, 15) is 9.59 Å². The minimum Gasteiger partial charge on any atom is -0.335 e. The third kappa shape index (κ3) is 4.19. The Bertz CT molecular complexity index is 1340. The van der Waals surface area contributed by atoms with Crippen LogP contribution in [0.4, 0.5) is 0 Å². The van der Waals surface area contributed by atoms with Gasteiger partial charge in [-0.3, -0.25) is 14.2 Å². The molecule has 0 saturated carbocycles. The number of para-hydroxylation sites is 2. The fourth-order valence-corrected chi connectivity index (χ4v) is 4.33. The van der Waals surface area contributed by atoms with Crippen LogP contribution in [0, 0.1) is 6.92 Å². The number of amides is 1. The summed E-state index contributed by atoms with van der Waals surface area (Å²) in [7, 11) is 1.79. The van der Waals surface area contributed by atoms with Crippen molar-refractivity contribution >= 4 is 16.8 Å². The number of benzene rings is 3. The van der Waals surface area contributed by atoms with Crippen LogP contribution in [0.2, 0.25) is 0 Å². The lowest BCUT2D eigenvalue weighted by Gasteiger charge is -2.30. The number of likely N-dealkylation sites (N-methyl/N-ethyl adjacent to an activating group) is 1. The summed E-state index contributed by atoms with van der Waals surface area (Å²) in [5.74, 6) is 0.305. The first-order chi connectivity index (χ1) is 15.9. The molecule has 1 heterocycles. The van der Waals surface area contributed by atoms with Crippen LogP contribution in [0.3, 0.4) is 0 Å². The van der Waals surface area contributed by atoms with E-state index >= 15 is 0 Å². The number of carbonyl (C=O) groups excluding carboxylic acids is 1. The van der Waals surface area contributed by atoms with E-state index in [1.807, 2.05) is 93.6 Å². The van der Waals surface area contributed by atoms with Gasteiger partial charge in [-0.2, -0.15) is 0 Å². The van der Waals surface area contributed by atoms with Crippen molar-refractivity contribution in [1.29, 1.82) is 0 Å². The topological polar surface area (TPSA) is 55.2 Å². The second kappa shape index (κ2) is 9.41. The van der Waals surface area contributed by atoms with E-state index in [-0.39, 0.29) is 17.4 Å². The van der Waals surface area contributed by atoms with E-state index in [2.05, 4.69) is 0 Å². The first-order valence-electron chi connectivity index (χ1n) is 11.3. The summed E-state index contributed by atoms with van der Waals surface area (Å²) in [5.41, 5.74) is 3.23. The van der Waals surface area contributed by atoms with Crippen LogP contribution in [-0.2, 0) is 4.79 Å². The van der Waals surface area contributed by atoms with Gasteiger partial charge in [-0.05, 0) is 49.6 Å². The maximum absolute atomic E-state index is 13.6. The number of rotatable bonds is 6. The summed E-state index contributed by atoms with van der Waals surface area (Å²) < 4.78 is 1.66. The summed E-state index contributed by atoms with van der Waals surface area (Å²) in [5, 5.41) is 0.557. The van der Waals surface area contributed by atoms with Crippen molar-refractivity contribution in [2.75, 3.05) is 7.05 Å². The molecule has 0 saturated heterocycles. The smallest absolute Gasteiger partial charge is 0.266 e. The van der Waals surface area contributed by atoms with E-state index in [1.165, 1.54) is 0 Å². The van der Waals surface area contributed by atoms with Gasteiger partial charge in [0, 0.05) is 7.05 Å². The van der Waals surface area contributed by atoms with Crippen molar-refractivity contribution in [3.8, 4) is 5.69 Å². The largest absolute Gasteiger partial charge is 0.335 e. The second-order valence-electron chi connectivity index (χ2n) is 8.41. The zero-order chi connectivity index (χ0) is 23.5. The molecule has 1 amide bonds. The second-order valence-corrected chi connectivity index (χ2v) is 8.41. The molecule has 0 N–H and O–H groups in total. The molecule has 0 bridgehead atoms. The summed E-state index contributed by atoms with van der Waals surface area (Å²) >= 11 is 0. The van der Waals surface area contributed by atoms with Crippen molar-refractivity contribution in [2.24, 2.45) is 0 Å². The van der Waals surface area contributed by atoms with Crippen molar-refractivity contribution in [3.63, 3.8) is 0 Å². The first-order valence-corrected chi connectivity index (χ1v) is 11.3. The zero-order valence-electron chi connectivity index (χ0n) is 19.5. The molecule has 2 atom stereocenters. The predicted octanol–water partition coefficient (Wildman–Crippen LogP) is 5.41. The number of hydrogen-bond donors (Lipinski definition) is 0. The van der Waals surface area contributed by atoms with Crippen molar-refractivity contribution in [1.82, 2.24) is 14.5 Å². The molecule has 1 aromatic heterocycles. The number of nitrogens with zero attached hydrogens (tertiary/aromatic N) is 3. The normalized spacial score (nSPS) is 13.0. The van der Waals surface area contributed by atoms with Gasteiger partial charge in [0.15, 0.2) is 0 Å². The molecule has 5 heteroatoms. The molecule has 0 aliphatic heterocycles. The molecule has 33 heavy (non-hydrogen) atoms. The van der Waals surface area contributed by atoms with E-state index in [0.29, 0.717) is 23.1 Å². The Morgan fingerprint density at radius 2 is 1.61 bits per heavy atom. The fraction of sp³-hybridized carbons (Fsp3) is 0.250. The van der Waals surface area contributed by atoms with Gasteiger partial charge in [-0.25, -0.2) is 4.98 Å². The van der Waals surface area contributed by atoms with Gasteiger partial charge >= 0.3 is 0 Å². The molecule has 4 aromatic rings. The van der Waals surface area contributed by atoms with Crippen molar-refractivity contribution in [2.45, 2.75) is 39.2 Å². The summed E-state index contributed by atoms with van der Waals surface area (Å²) in [6.45, 7) is 5.93. The van der Waals surface area contributed by atoms with Gasteiger partial charge in [0.05, 0.1) is 28.6 Å². The highest BCUT2D eigenvalue weighted by Gasteiger charge is 2.29. The van der Waals surface area contributed by atoms with Crippen molar-refractivity contribution < 1.29 is 4.79 Å². The Hall–Kier alpha value is -3.73. The van der Waals surface area contributed by atoms with Crippen LogP contribution in [0.15, 0.2) is 83.7 Å². The fourth-order valence-electron chi connectivity index (χ4n) is 4.33. The van der Waals surface area contributed by atoms with Gasteiger partial charge < -0.3 is 4.90 Å². The van der Waals surface area contributed by atoms with E-state index in [4.69, 9.17) is 4.98 Å². The van der Waals surface area contributed by atoms with Gasteiger partial charge in [0.2, 0.25) is 5.91 Å². The minimum absolute atomic E-state index is 0.00920. The standard InChI is InChI=1S/C28H29N3O2/c1-5-22(21-14-7-6-8-15-21)27(32)30(4)20(3)26-29-24-17-11-10-16-23(24)28(33)31(26)25-18-12-9-13-19(25)2/h6-18,20,22H,5H2,1-4H3. The maximum Gasteiger partial charge on any atom is 0.266 e. The number of hydrogen-bond acceptors (Lipinski definition) is 3. The molecule has 168 valence electrons. The number of aromatic nitrogens is 2. The van der Waals surface area contributed by atoms with Gasteiger partial charge in [-0.15, -0.1) is 0 Å². The number of fused-ring (bicyclic) bond motifs is 1. The molecule has 0 radical (unpaired) electrons. The third-order valence-corrected chi connectivity index (χ3v) is 6.37. The Morgan fingerprint density at radius 1 is 0.970 bits per heavy atom. The first kappa shape index (κ1) is 22.5. The van der Waals surface area contributed by atoms with Crippen molar-refractivity contribution in [3.05, 3.63) is 106 Å². The summed E-state index contributed by atoms with van der Waals surface area (Å²) in [6.07, 6.45) is 0.690. The highest BCUT2D eigenvalue weighted by atomic mass is 16.2. The molecule has 4 rings (SSSR count). The summed E-state index contributed by atoms with van der Waals surface area (Å²) in [6, 6.07) is 24.5. The lowest BCUT2D eigenvalue weighted by atomic mass is 9.94. The van der Waals surface area contributed by atoms with Crippen LogP contribution in [0.5, 0.6) is 0 Å². The molecular weight excluding hydrogens is 410 g/mol. The molecule has 0 aliphatic rings. The van der Waals surface area contributed by atoms with E-state index in [1.54, 1.807) is 22.6 Å². The quantitative estimate of drug-likeness (QED) is 0.404. The molecule has 0 aliphatic carbocycles. The molecular formula is C28H29N3O2. The summed E-state index contributed by atoms with van der Waals surface area (Å²) in [4.78, 5) is 33.8. The molecule has 0 spiro atoms.